The molecule has 9 heteroatoms. The van der Waals surface area contributed by atoms with Crippen molar-refractivity contribution in [2.24, 2.45) is 0 Å². The molecule has 0 spiro atoms. The van der Waals surface area contributed by atoms with Crippen molar-refractivity contribution < 1.29 is 33.0 Å². The van der Waals surface area contributed by atoms with E-state index in [1.807, 2.05) is 12.1 Å². The molecular weight excluding hydrogens is 443 g/mol. The van der Waals surface area contributed by atoms with E-state index in [4.69, 9.17) is 14.2 Å². The molecule has 1 heterocycles. The zero-order valence-corrected chi connectivity index (χ0v) is 19.0. The van der Waals surface area contributed by atoms with Crippen LogP contribution < -0.4 is 14.8 Å². The predicted molar refractivity (Wildman–Crippen MR) is 121 cm³/mol. The van der Waals surface area contributed by atoms with Crippen LogP contribution in [-0.2, 0) is 24.5 Å². The summed E-state index contributed by atoms with van der Waals surface area (Å²) in [5.41, 5.74) is 0.370. The number of carbonyl (C=O) groups excluding carboxylic acids is 3. The van der Waals surface area contributed by atoms with Gasteiger partial charge < -0.3 is 24.4 Å². The Bertz CT molecular complexity index is 1070. The lowest BCUT2D eigenvalue weighted by atomic mass is 9.78. The molecule has 0 bridgehead atoms. The highest BCUT2D eigenvalue weighted by Gasteiger charge is 2.45. The second-order valence-electron chi connectivity index (χ2n) is 8.53. The standard InChI is InChI=1S/C25H27FN2O6/c1-28(15-22(29)27-19-7-5-18(26)6-8-19)23(30)16-34-24(31)25(10-2-3-11-25)17-4-9-20-21(14-17)33-13-12-32-20/h4-9,14H,2-3,10-13,15-16H2,1H3,(H,27,29). The summed E-state index contributed by atoms with van der Waals surface area (Å²) in [6.45, 7) is 0.229. The first-order chi connectivity index (χ1) is 16.4. The Balaban J connectivity index is 1.35. The molecule has 1 aliphatic carbocycles. The minimum Gasteiger partial charge on any atom is -0.486 e. The molecule has 0 saturated heterocycles. The number of hydrogen-bond acceptors (Lipinski definition) is 6. The fourth-order valence-electron chi connectivity index (χ4n) is 4.34. The van der Waals surface area contributed by atoms with E-state index in [0.717, 1.165) is 18.4 Å². The van der Waals surface area contributed by atoms with E-state index in [1.54, 1.807) is 6.07 Å². The first-order valence-corrected chi connectivity index (χ1v) is 11.2. The monoisotopic (exact) mass is 470 g/mol. The first-order valence-electron chi connectivity index (χ1n) is 11.2. The van der Waals surface area contributed by atoms with Crippen LogP contribution in [0.3, 0.4) is 0 Å². The maximum Gasteiger partial charge on any atom is 0.317 e. The highest BCUT2D eigenvalue weighted by Crippen LogP contribution is 2.45. The van der Waals surface area contributed by atoms with E-state index in [-0.39, 0.29) is 6.54 Å². The van der Waals surface area contributed by atoms with E-state index in [0.29, 0.717) is 43.2 Å². The number of esters is 1. The molecule has 0 atom stereocenters. The van der Waals surface area contributed by atoms with E-state index in [9.17, 15) is 18.8 Å². The van der Waals surface area contributed by atoms with Crippen molar-refractivity contribution in [2.75, 3.05) is 38.7 Å². The van der Waals surface area contributed by atoms with Gasteiger partial charge in [0.2, 0.25) is 5.91 Å². The van der Waals surface area contributed by atoms with Crippen LogP contribution in [0.25, 0.3) is 0 Å². The van der Waals surface area contributed by atoms with Gasteiger partial charge in [-0.2, -0.15) is 0 Å². The molecule has 2 amide bonds. The van der Waals surface area contributed by atoms with Crippen LogP contribution in [0.2, 0.25) is 0 Å². The molecule has 8 nitrogen and oxygen atoms in total. The van der Waals surface area contributed by atoms with Gasteiger partial charge in [-0.25, -0.2) is 4.39 Å². The van der Waals surface area contributed by atoms with Crippen molar-refractivity contribution >= 4 is 23.5 Å². The Labute approximate surface area is 197 Å². The van der Waals surface area contributed by atoms with Gasteiger partial charge in [-0.3, -0.25) is 14.4 Å². The third-order valence-electron chi connectivity index (χ3n) is 6.20. The number of carbonyl (C=O) groups is 3. The van der Waals surface area contributed by atoms with Crippen LogP contribution in [0.4, 0.5) is 10.1 Å². The molecule has 0 unspecified atom stereocenters. The normalized spacial score (nSPS) is 15.9. The number of hydrogen-bond donors (Lipinski definition) is 1. The average molecular weight is 470 g/mol. The predicted octanol–water partition coefficient (Wildman–Crippen LogP) is 3.05. The van der Waals surface area contributed by atoms with Crippen LogP contribution in [0, 0.1) is 5.82 Å². The molecule has 180 valence electrons. The Hall–Kier alpha value is -3.62. The van der Waals surface area contributed by atoms with Crippen LogP contribution in [0.5, 0.6) is 11.5 Å². The van der Waals surface area contributed by atoms with Gasteiger partial charge in [-0.05, 0) is 54.8 Å². The third kappa shape index (κ3) is 5.13. The summed E-state index contributed by atoms with van der Waals surface area (Å²) in [7, 11) is 1.45. The summed E-state index contributed by atoms with van der Waals surface area (Å²) in [5.74, 6) is -0.573. The van der Waals surface area contributed by atoms with Gasteiger partial charge in [0, 0.05) is 12.7 Å². The highest BCUT2D eigenvalue weighted by molar-refractivity contribution is 5.95. The molecule has 0 radical (unpaired) electrons. The van der Waals surface area contributed by atoms with E-state index < -0.39 is 35.6 Å². The van der Waals surface area contributed by atoms with Crippen molar-refractivity contribution in [1.82, 2.24) is 4.90 Å². The molecule has 0 aromatic heterocycles. The number of nitrogens with zero attached hydrogens (tertiary/aromatic N) is 1. The Kier molecular flexibility index (Phi) is 7.00. The number of fused-ring (bicyclic) bond motifs is 1. The van der Waals surface area contributed by atoms with Crippen LogP contribution >= 0.6 is 0 Å². The van der Waals surface area contributed by atoms with Gasteiger partial charge in [0.1, 0.15) is 19.0 Å². The summed E-state index contributed by atoms with van der Waals surface area (Å²) >= 11 is 0. The summed E-state index contributed by atoms with van der Waals surface area (Å²) in [6, 6.07) is 10.8. The molecule has 2 aliphatic rings. The molecule has 1 aliphatic heterocycles. The maximum atomic E-state index is 13.2. The lowest BCUT2D eigenvalue weighted by Gasteiger charge is -2.29. The number of anilines is 1. The zero-order valence-electron chi connectivity index (χ0n) is 19.0. The highest BCUT2D eigenvalue weighted by atomic mass is 19.1. The number of likely N-dealkylation sites (N-methyl/N-ethyl adjacent to an activating group) is 1. The minimum absolute atomic E-state index is 0.235. The van der Waals surface area contributed by atoms with Gasteiger partial charge in [0.05, 0.1) is 12.0 Å². The van der Waals surface area contributed by atoms with Crippen molar-refractivity contribution in [3.05, 3.63) is 53.8 Å². The molecule has 2 aromatic rings. The topological polar surface area (TPSA) is 94.2 Å². The minimum atomic E-state index is -0.839. The van der Waals surface area contributed by atoms with Crippen LogP contribution in [0.1, 0.15) is 31.2 Å². The van der Waals surface area contributed by atoms with Crippen molar-refractivity contribution in [2.45, 2.75) is 31.1 Å². The zero-order chi connectivity index (χ0) is 24.1. The smallest absolute Gasteiger partial charge is 0.317 e. The van der Waals surface area contributed by atoms with Crippen LogP contribution in [0.15, 0.2) is 42.5 Å². The SMILES string of the molecule is CN(CC(=O)Nc1ccc(F)cc1)C(=O)COC(=O)C1(c2ccc3c(c2)OCCO3)CCCC1. The number of amides is 2. The van der Waals surface area contributed by atoms with Gasteiger partial charge in [0.15, 0.2) is 18.1 Å². The van der Waals surface area contributed by atoms with Gasteiger partial charge in [0.25, 0.3) is 5.91 Å². The number of rotatable bonds is 7. The van der Waals surface area contributed by atoms with Gasteiger partial charge in [-0.15, -0.1) is 0 Å². The fraction of sp³-hybridized carbons (Fsp3) is 0.400. The summed E-state index contributed by atoms with van der Waals surface area (Å²) in [4.78, 5) is 39.1. The molecule has 4 rings (SSSR count). The molecule has 1 fully saturated rings. The van der Waals surface area contributed by atoms with Gasteiger partial charge >= 0.3 is 5.97 Å². The van der Waals surface area contributed by atoms with Crippen LogP contribution in [-0.4, -0.2) is 56.1 Å². The lowest BCUT2D eigenvalue weighted by Crippen LogP contribution is -2.40. The Morgan fingerprint density at radius 2 is 1.71 bits per heavy atom. The molecule has 34 heavy (non-hydrogen) atoms. The maximum absolute atomic E-state index is 13.2. The van der Waals surface area contributed by atoms with Crippen molar-refractivity contribution in [3.63, 3.8) is 0 Å². The average Bonchev–Trinajstić information content (AvgIpc) is 3.34. The van der Waals surface area contributed by atoms with E-state index in [2.05, 4.69) is 5.32 Å². The number of ether oxygens (including phenoxy) is 3. The summed E-state index contributed by atoms with van der Waals surface area (Å²) in [6.07, 6.45) is 2.99. The lowest BCUT2D eigenvalue weighted by molar-refractivity contribution is -0.156. The Morgan fingerprint density at radius 1 is 1.03 bits per heavy atom. The first kappa shape index (κ1) is 23.5. The Morgan fingerprint density at radius 3 is 2.41 bits per heavy atom. The number of nitrogens with one attached hydrogen (secondary N) is 1. The largest absolute Gasteiger partial charge is 0.486 e. The van der Waals surface area contributed by atoms with Crippen molar-refractivity contribution in [3.8, 4) is 11.5 Å². The van der Waals surface area contributed by atoms with Gasteiger partial charge in [-0.1, -0.05) is 18.9 Å². The quantitative estimate of drug-likeness (QED) is 0.626. The van der Waals surface area contributed by atoms with E-state index in [1.165, 1.54) is 36.2 Å². The molecular formula is C25H27FN2O6. The fourth-order valence-corrected chi connectivity index (χ4v) is 4.34. The second-order valence-corrected chi connectivity index (χ2v) is 8.53. The summed E-state index contributed by atoms with van der Waals surface area (Å²) in [5, 5.41) is 2.59. The molecule has 2 aromatic carbocycles. The summed E-state index contributed by atoms with van der Waals surface area (Å²) < 4.78 is 29.7. The van der Waals surface area contributed by atoms with Crippen molar-refractivity contribution in [1.29, 1.82) is 0 Å². The van der Waals surface area contributed by atoms with E-state index >= 15 is 0 Å². The second kappa shape index (κ2) is 10.1. The third-order valence-corrected chi connectivity index (χ3v) is 6.20. The molecule has 1 N–H and O–H groups in total. The number of benzene rings is 2. The molecule has 1 saturated carbocycles. The number of halogens is 1.